The number of carbonyl (C=O) groups is 2. The third kappa shape index (κ3) is 5.91. The SMILES string of the molecule is Cc1ccc(C(NC(=O)CN2CCC(C(=O)Nc3cc(C)ccn3)CC2)C2CC2)cc1. The molecule has 2 N–H and O–H groups in total. The van der Waals surface area contributed by atoms with Crippen molar-refractivity contribution in [2.24, 2.45) is 11.8 Å². The number of likely N-dealkylation sites (tertiary alicyclic amines) is 1. The molecule has 0 spiro atoms. The van der Waals surface area contributed by atoms with Crippen molar-refractivity contribution in [3.8, 4) is 0 Å². The summed E-state index contributed by atoms with van der Waals surface area (Å²) in [5.74, 6) is 1.22. The molecule has 6 heteroatoms. The summed E-state index contributed by atoms with van der Waals surface area (Å²) in [5.41, 5.74) is 3.50. The molecule has 31 heavy (non-hydrogen) atoms. The fourth-order valence-corrected chi connectivity index (χ4v) is 4.28. The molecule has 1 aromatic heterocycles. The highest BCUT2D eigenvalue weighted by atomic mass is 16.2. The van der Waals surface area contributed by atoms with Gasteiger partial charge in [0.15, 0.2) is 0 Å². The lowest BCUT2D eigenvalue weighted by atomic mass is 9.96. The molecule has 0 radical (unpaired) electrons. The monoisotopic (exact) mass is 420 g/mol. The van der Waals surface area contributed by atoms with E-state index in [4.69, 9.17) is 0 Å². The van der Waals surface area contributed by atoms with Crippen LogP contribution in [0.25, 0.3) is 0 Å². The Labute approximate surface area is 184 Å². The second-order valence-electron chi connectivity index (χ2n) is 9.05. The van der Waals surface area contributed by atoms with Gasteiger partial charge in [0.1, 0.15) is 5.82 Å². The van der Waals surface area contributed by atoms with Crippen LogP contribution in [0.15, 0.2) is 42.6 Å². The van der Waals surface area contributed by atoms with Crippen molar-refractivity contribution >= 4 is 17.6 Å². The molecule has 1 aliphatic heterocycles. The van der Waals surface area contributed by atoms with Gasteiger partial charge in [0, 0.05) is 12.1 Å². The van der Waals surface area contributed by atoms with Gasteiger partial charge in [0.25, 0.3) is 0 Å². The number of nitrogens with zero attached hydrogens (tertiary/aromatic N) is 2. The summed E-state index contributed by atoms with van der Waals surface area (Å²) in [7, 11) is 0. The van der Waals surface area contributed by atoms with Gasteiger partial charge in [0.05, 0.1) is 12.6 Å². The van der Waals surface area contributed by atoms with Gasteiger partial charge in [-0.05, 0) is 81.8 Å². The Kier molecular flexibility index (Phi) is 6.66. The van der Waals surface area contributed by atoms with E-state index in [1.54, 1.807) is 6.20 Å². The zero-order valence-corrected chi connectivity index (χ0v) is 18.4. The van der Waals surface area contributed by atoms with Crippen molar-refractivity contribution in [3.05, 3.63) is 59.3 Å². The van der Waals surface area contributed by atoms with Crippen LogP contribution in [0.3, 0.4) is 0 Å². The average Bonchev–Trinajstić information content (AvgIpc) is 3.58. The maximum Gasteiger partial charge on any atom is 0.234 e. The lowest BCUT2D eigenvalue weighted by molar-refractivity contribution is -0.124. The van der Waals surface area contributed by atoms with Crippen molar-refractivity contribution < 1.29 is 9.59 Å². The van der Waals surface area contributed by atoms with Gasteiger partial charge < -0.3 is 10.6 Å². The Morgan fingerprint density at radius 3 is 2.39 bits per heavy atom. The molecule has 6 nitrogen and oxygen atoms in total. The van der Waals surface area contributed by atoms with Crippen molar-refractivity contribution in [1.29, 1.82) is 0 Å². The van der Waals surface area contributed by atoms with Gasteiger partial charge >= 0.3 is 0 Å². The van der Waals surface area contributed by atoms with E-state index in [2.05, 4.69) is 51.7 Å². The van der Waals surface area contributed by atoms with Gasteiger partial charge in [-0.2, -0.15) is 0 Å². The second-order valence-corrected chi connectivity index (χ2v) is 9.05. The van der Waals surface area contributed by atoms with E-state index in [1.165, 1.54) is 24.0 Å². The standard InChI is InChI=1S/C25H32N4O2/c1-17-3-5-19(6-4-17)24(20-7-8-20)28-23(30)16-29-13-10-21(11-14-29)25(31)27-22-15-18(2)9-12-26-22/h3-6,9,12,15,20-21,24H,7-8,10-11,13-14,16H2,1-2H3,(H,28,30)(H,26,27,31). The summed E-state index contributed by atoms with van der Waals surface area (Å²) in [4.78, 5) is 31.7. The first-order valence-corrected chi connectivity index (χ1v) is 11.3. The van der Waals surface area contributed by atoms with Crippen LogP contribution in [-0.4, -0.2) is 41.3 Å². The van der Waals surface area contributed by atoms with E-state index in [-0.39, 0.29) is 23.8 Å². The van der Waals surface area contributed by atoms with Crippen LogP contribution in [0.4, 0.5) is 5.82 Å². The van der Waals surface area contributed by atoms with E-state index >= 15 is 0 Å². The normalized spacial score (nSPS) is 18.4. The molecule has 2 heterocycles. The smallest absolute Gasteiger partial charge is 0.234 e. The number of piperidine rings is 1. The minimum atomic E-state index is -0.0339. The number of anilines is 1. The van der Waals surface area contributed by atoms with Crippen LogP contribution < -0.4 is 10.6 Å². The minimum absolute atomic E-state index is 0.0235. The molecule has 1 atom stereocenters. The fraction of sp³-hybridized carbons (Fsp3) is 0.480. The number of aromatic nitrogens is 1. The average molecular weight is 421 g/mol. The molecule has 1 unspecified atom stereocenters. The van der Waals surface area contributed by atoms with E-state index in [9.17, 15) is 9.59 Å². The van der Waals surface area contributed by atoms with Gasteiger partial charge in [-0.15, -0.1) is 0 Å². The van der Waals surface area contributed by atoms with Crippen molar-refractivity contribution in [2.75, 3.05) is 25.0 Å². The summed E-state index contributed by atoms with van der Waals surface area (Å²) in [6.07, 6.45) is 5.58. The van der Waals surface area contributed by atoms with E-state index in [0.717, 1.165) is 31.5 Å². The molecular formula is C25H32N4O2. The van der Waals surface area contributed by atoms with E-state index < -0.39 is 0 Å². The number of aryl methyl sites for hydroxylation is 2. The lowest BCUT2D eigenvalue weighted by Crippen LogP contribution is -2.44. The van der Waals surface area contributed by atoms with Gasteiger partial charge in [-0.3, -0.25) is 14.5 Å². The quantitative estimate of drug-likeness (QED) is 0.718. The molecule has 1 aliphatic carbocycles. The minimum Gasteiger partial charge on any atom is -0.348 e. The lowest BCUT2D eigenvalue weighted by Gasteiger charge is -2.31. The Bertz CT molecular complexity index is 915. The molecule has 0 bridgehead atoms. The van der Waals surface area contributed by atoms with Gasteiger partial charge in [0.2, 0.25) is 11.8 Å². The molecule has 2 aromatic rings. The van der Waals surface area contributed by atoms with Gasteiger partial charge in [-0.1, -0.05) is 29.8 Å². The fourth-order valence-electron chi connectivity index (χ4n) is 4.28. The number of pyridine rings is 1. The summed E-state index contributed by atoms with van der Waals surface area (Å²) in [5, 5.41) is 6.19. The number of hydrogen-bond donors (Lipinski definition) is 2. The Balaban J connectivity index is 1.25. The molecule has 164 valence electrons. The maximum absolute atomic E-state index is 12.7. The number of hydrogen-bond acceptors (Lipinski definition) is 4. The molecular weight excluding hydrogens is 388 g/mol. The van der Waals surface area contributed by atoms with Crippen LogP contribution in [-0.2, 0) is 9.59 Å². The summed E-state index contributed by atoms with van der Waals surface area (Å²) in [6, 6.07) is 12.4. The Morgan fingerprint density at radius 1 is 1.03 bits per heavy atom. The third-order valence-electron chi connectivity index (χ3n) is 6.34. The highest BCUT2D eigenvalue weighted by Gasteiger charge is 2.34. The van der Waals surface area contributed by atoms with Crippen LogP contribution in [0.5, 0.6) is 0 Å². The molecule has 4 rings (SSSR count). The maximum atomic E-state index is 12.7. The van der Waals surface area contributed by atoms with E-state index in [0.29, 0.717) is 18.3 Å². The molecule has 2 fully saturated rings. The molecule has 2 amide bonds. The molecule has 1 saturated heterocycles. The van der Waals surface area contributed by atoms with E-state index in [1.807, 2.05) is 19.1 Å². The van der Waals surface area contributed by atoms with Gasteiger partial charge in [-0.25, -0.2) is 4.98 Å². The van der Waals surface area contributed by atoms with Crippen LogP contribution in [0.2, 0.25) is 0 Å². The summed E-state index contributed by atoms with van der Waals surface area (Å²) in [6.45, 7) is 5.96. The number of rotatable bonds is 7. The molecule has 1 aromatic carbocycles. The van der Waals surface area contributed by atoms with Crippen LogP contribution in [0.1, 0.15) is 48.4 Å². The van der Waals surface area contributed by atoms with Crippen LogP contribution in [0, 0.1) is 25.7 Å². The number of amides is 2. The first kappa shape index (κ1) is 21.5. The number of benzene rings is 1. The predicted molar refractivity (Wildman–Crippen MR) is 122 cm³/mol. The zero-order chi connectivity index (χ0) is 21.8. The largest absolute Gasteiger partial charge is 0.348 e. The second kappa shape index (κ2) is 9.60. The molecule has 1 saturated carbocycles. The third-order valence-corrected chi connectivity index (χ3v) is 6.34. The Hall–Kier alpha value is -2.73. The van der Waals surface area contributed by atoms with Crippen LogP contribution >= 0.6 is 0 Å². The summed E-state index contributed by atoms with van der Waals surface area (Å²) >= 11 is 0. The summed E-state index contributed by atoms with van der Waals surface area (Å²) < 4.78 is 0. The van der Waals surface area contributed by atoms with Crippen molar-refractivity contribution in [2.45, 2.75) is 45.6 Å². The Morgan fingerprint density at radius 2 is 1.74 bits per heavy atom. The topological polar surface area (TPSA) is 74.3 Å². The number of carbonyl (C=O) groups excluding carboxylic acids is 2. The first-order valence-electron chi connectivity index (χ1n) is 11.3. The molecule has 2 aliphatic rings. The first-order chi connectivity index (χ1) is 15.0. The van der Waals surface area contributed by atoms with Crippen molar-refractivity contribution in [3.63, 3.8) is 0 Å². The highest BCUT2D eigenvalue weighted by molar-refractivity contribution is 5.91. The van der Waals surface area contributed by atoms with Crippen molar-refractivity contribution in [1.82, 2.24) is 15.2 Å². The predicted octanol–water partition coefficient (Wildman–Crippen LogP) is 3.62. The number of nitrogens with one attached hydrogen (secondary N) is 2. The highest BCUT2D eigenvalue weighted by Crippen LogP contribution is 2.41. The zero-order valence-electron chi connectivity index (χ0n) is 18.4.